The van der Waals surface area contributed by atoms with Crippen LogP contribution in [0.15, 0.2) is 0 Å². The zero-order valence-corrected chi connectivity index (χ0v) is 8.73. The van der Waals surface area contributed by atoms with Gasteiger partial charge in [-0.1, -0.05) is 26.1 Å². The summed E-state index contributed by atoms with van der Waals surface area (Å²) in [5.41, 5.74) is 5.52. The lowest BCUT2D eigenvalue weighted by atomic mass is 9.90. The molecule has 0 radical (unpaired) electrons. The summed E-state index contributed by atoms with van der Waals surface area (Å²) in [6.07, 6.45) is 2.20. The first-order valence-electron chi connectivity index (χ1n) is 3.94. The molecule has 0 amide bonds. The SMILES string of the molecule is CC1(C)SCCC1CC(N)=S. The van der Waals surface area contributed by atoms with Crippen molar-refractivity contribution < 1.29 is 0 Å². The van der Waals surface area contributed by atoms with Crippen LogP contribution in [0.25, 0.3) is 0 Å². The number of nitrogens with two attached hydrogens (primary N) is 1. The molecular formula is C8H15NS2. The summed E-state index contributed by atoms with van der Waals surface area (Å²) in [6, 6.07) is 0. The third kappa shape index (κ3) is 2.34. The summed E-state index contributed by atoms with van der Waals surface area (Å²) in [4.78, 5) is 0.672. The molecule has 1 rings (SSSR count). The average molecular weight is 189 g/mol. The lowest BCUT2D eigenvalue weighted by Gasteiger charge is -2.25. The van der Waals surface area contributed by atoms with Crippen LogP contribution < -0.4 is 5.73 Å². The van der Waals surface area contributed by atoms with E-state index in [1.807, 2.05) is 11.8 Å². The summed E-state index contributed by atoms with van der Waals surface area (Å²) >= 11 is 6.94. The first-order valence-corrected chi connectivity index (χ1v) is 5.34. The van der Waals surface area contributed by atoms with Gasteiger partial charge in [0.1, 0.15) is 0 Å². The van der Waals surface area contributed by atoms with Crippen molar-refractivity contribution in [2.75, 3.05) is 5.75 Å². The lowest BCUT2D eigenvalue weighted by Crippen LogP contribution is -2.26. The molecule has 0 aromatic rings. The molecule has 1 saturated heterocycles. The van der Waals surface area contributed by atoms with Gasteiger partial charge in [-0.3, -0.25) is 0 Å². The van der Waals surface area contributed by atoms with E-state index in [1.54, 1.807) is 0 Å². The molecule has 0 saturated carbocycles. The van der Waals surface area contributed by atoms with Crippen molar-refractivity contribution in [2.24, 2.45) is 11.7 Å². The molecule has 2 N–H and O–H groups in total. The summed E-state index contributed by atoms with van der Waals surface area (Å²) in [6.45, 7) is 4.57. The third-order valence-electron chi connectivity index (χ3n) is 2.37. The quantitative estimate of drug-likeness (QED) is 0.674. The van der Waals surface area contributed by atoms with Crippen LogP contribution in [-0.2, 0) is 0 Å². The molecule has 1 fully saturated rings. The highest BCUT2D eigenvalue weighted by atomic mass is 32.2. The highest BCUT2D eigenvalue weighted by molar-refractivity contribution is 8.00. The Balaban J connectivity index is 2.51. The molecule has 1 heterocycles. The molecule has 11 heavy (non-hydrogen) atoms. The summed E-state index contributed by atoms with van der Waals surface area (Å²) < 4.78 is 0.392. The Morgan fingerprint density at radius 2 is 2.36 bits per heavy atom. The van der Waals surface area contributed by atoms with E-state index in [2.05, 4.69) is 13.8 Å². The van der Waals surface area contributed by atoms with E-state index in [1.165, 1.54) is 12.2 Å². The van der Waals surface area contributed by atoms with Crippen molar-refractivity contribution in [3.8, 4) is 0 Å². The smallest absolute Gasteiger partial charge is 0.0730 e. The van der Waals surface area contributed by atoms with Gasteiger partial charge >= 0.3 is 0 Å². The van der Waals surface area contributed by atoms with Gasteiger partial charge < -0.3 is 5.73 Å². The van der Waals surface area contributed by atoms with Crippen LogP contribution in [0.5, 0.6) is 0 Å². The molecule has 1 unspecified atom stereocenters. The molecule has 1 aliphatic rings. The van der Waals surface area contributed by atoms with Gasteiger partial charge in [-0.2, -0.15) is 11.8 Å². The minimum absolute atomic E-state index is 0.392. The van der Waals surface area contributed by atoms with E-state index >= 15 is 0 Å². The van der Waals surface area contributed by atoms with Gasteiger partial charge in [0.25, 0.3) is 0 Å². The number of hydrogen-bond acceptors (Lipinski definition) is 2. The molecule has 3 heteroatoms. The fourth-order valence-corrected chi connectivity index (χ4v) is 3.09. The van der Waals surface area contributed by atoms with Crippen LogP contribution in [0.4, 0.5) is 0 Å². The molecule has 0 aliphatic carbocycles. The van der Waals surface area contributed by atoms with Crippen LogP contribution in [-0.4, -0.2) is 15.5 Å². The van der Waals surface area contributed by atoms with Gasteiger partial charge in [0, 0.05) is 11.2 Å². The van der Waals surface area contributed by atoms with Crippen LogP contribution in [0.1, 0.15) is 26.7 Å². The number of thioether (sulfide) groups is 1. The molecule has 1 aliphatic heterocycles. The number of hydrogen-bond donors (Lipinski definition) is 1. The van der Waals surface area contributed by atoms with Gasteiger partial charge in [0.15, 0.2) is 0 Å². The largest absolute Gasteiger partial charge is 0.393 e. The normalized spacial score (nSPS) is 28.7. The summed E-state index contributed by atoms with van der Waals surface area (Å²) in [7, 11) is 0. The monoisotopic (exact) mass is 189 g/mol. The van der Waals surface area contributed by atoms with Gasteiger partial charge in [-0.15, -0.1) is 0 Å². The van der Waals surface area contributed by atoms with E-state index in [9.17, 15) is 0 Å². The van der Waals surface area contributed by atoms with Gasteiger partial charge in [-0.25, -0.2) is 0 Å². The van der Waals surface area contributed by atoms with Crippen molar-refractivity contribution in [2.45, 2.75) is 31.4 Å². The van der Waals surface area contributed by atoms with E-state index in [4.69, 9.17) is 18.0 Å². The average Bonchev–Trinajstić information content (AvgIpc) is 2.10. The van der Waals surface area contributed by atoms with Crippen LogP contribution in [0.2, 0.25) is 0 Å². The fraction of sp³-hybridized carbons (Fsp3) is 0.875. The van der Waals surface area contributed by atoms with E-state index in [0.29, 0.717) is 15.7 Å². The Labute approximate surface area is 78.1 Å². The van der Waals surface area contributed by atoms with E-state index < -0.39 is 0 Å². The topological polar surface area (TPSA) is 26.0 Å². The zero-order valence-electron chi connectivity index (χ0n) is 7.09. The Morgan fingerprint density at radius 1 is 1.73 bits per heavy atom. The Bertz CT molecular complexity index is 165. The molecule has 0 aromatic carbocycles. The van der Waals surface area contributed by atoms with Crippen LogP contribution in [0.3, 0.4) is 0 Å². The van der Waals surface area contributed by atoms with Gasteiger partial charge in [-0.05, 0) is 18.1 Å². The minimum Gasteiger partial charge on any atom is -0.393 e. The van der Waals surface area contributed by atoms with Crippen molar-refractivity contribution in [3.63, 3.8) is 0 Å². The Kier molecular flexibility index (Phi) is 2.81. The van der Waals surface area contributed by atoms with Gasteiger partial charge in [0.05, 0.1) is 4.99 Å². The Morgan fingerprint density at radius 3 is 2.73 bits per heavy atom. The van der Waals surface area contributed by atoms with Crippen molar-refractivity contribution in [1.82, 2.24) is 0 Å². The van der Waals surface area contributed by atoms with E-state index in [0.717, 1.165) is 6.42 Å². The van der Waals surface area contributed by atoms with E-state index in [-0.39, 0.29) is 0 Å². The predicted molar refractivity (Wildman–Crippen MR) is 56.0 cm³/mol. The van der Waals surface area contributed by atoms with Crippen molar-refractivity contribution >= 4 is 29.0 Å². The fourth-order valence-electron chi connectivity index (χ4n) is 1.52. The maximum Gasteiger partial charge on any atom is 0.0730 e. The molecule has 0 bridgehead atoms. The maximum atomic E-state index is 5.52. The number of thiocarbonyl (C=S) groups is 1. The molecule has 0 spiro atoms. The highest BCUT2D eigenvalue weighted by Crippen LogP contribution is 2.43. The first kappa shape index (κ1) is 9.33. The van der Waals surface area contributed by atoms with Crippen LogP contribution >= 0.6 is 24.0 Å². The summed E-state index contributed by atoms with van der Waals surface area (Å²) in [5.74, 6) is 1.96. The third-order valence-corrected chi connectivity index (χ3v) is 4.05. The second-order valence-corrected chi connectivity index (χ2v) is 5.88. The first-order chi connectivity index (χ1) is 5.02. The molecule has 0 aromatic heterocycles. The Hall–Kier alpha value is 0.240. The molecule has 1 nitrogen and oxygen atoms in total. The van der Waals surface area contributed by atoms with Crippen molar-refractivity contribution in [1.29, 1.82) is 0 Å². The summed E-state index contributed by atoms with van der Waals surface area (Å²) in [5, 5.41) is 0. The highest BCUT2D eigenvalue weighted by Gasteiger charge is 2.35. The standard InChI is InChI=1S/C8H15NS2/c1-8(2)6(3-4-11-8)5-7(9)10/h6H,3-5H2,1-2H3,(H2,9,10). The van der Waals surface area contributed by atoms with Crippen molar-refractivity contribution in [3.05, 3.63) is 0 Å². The maximum absolute atomic E-state index is 5.52. The molecular weight excluding hydrogens is 174 g/mol. The second kappa shape index (κ2) is 3.31. The van der Waals surface area contributed by atoms with Crippen LogP contribution in [0, 0.1) is 5.92 Å². The molecule has 64 valence electrons. The lowest BCUT2D eigenvalue weighted by molar-refractivity contribution is 0.452. The van der Waals surface area contributed by atoms with Gasteiger partial charge in [0.2, 0.25) is 0 Å². The zero-order chi connectivity index (χ0) is 8.48. The minimum atomic E-state index is 0.392. The number of rotatable bonds is 2. The second-order valence-electron chi connectivity index (χ2n) is 3.61. The molecule has 1 atom stereocenters. The predicted octanol–water partition coefficient (Wildman–Crippen LogP) is 2.19.